The minimum absolute atomic E-state index is 0.0186. The Morgan fingerprint density at radius 1 is 1.62 bits per heavy atom. The Hall–Kier alpha value is -1.69. The number of nitrogens with zero attached hydrogens (tertiary/aromatic N) is 3. The molecule has 2 rings (SSSR count). The molecule has 16 heavy (non-hydrogen) atoms. The van der Waals surface area contributed by atoms with Crippen molar-refractivity contribution in [1.29, 1.82) is 0 Å². The summed E-state index contributed by atoms with van der Waals surface area (Å²) in [7, 11) is 0. The molecule has 0 saturated heterocycles. The van der Waals surface area contributed by atoms with Gasteiger partial charge in [-0.3, -0.25) is 4.79 Å². The van der Waals surface area contributed by atoms with E-state index in [0.29, 0.717) is 13.0 Å². The molecule has 6 heteroatoms. The van der Waals surface area contributed by atoms with Gasteiger partial charge in [0.25, 0.3) is 0 Å². The molecule has 1 amide bonds. The van der Waals surface area contributed by atoms with Gasteiger partial charge in [0, 0.05) is 11.8 Å². The van der Waals surface area contributed by atoms with Crippen molar-refractivity contribution in [2.75, 3.05) is 0 Å². The van der Waals surface area contributed by atoms with Crippen LogP contribution in [0.2, 0.25) is 0 Å². The number of rotatable bonds is 4. The third-order valence-corrected chi connectivity index (χ3v) is 2.77. The van der Waals surface area contributed by atoms with E-state index in [1.165, 1.54) is 0 Å². The minimum Gasteiger partial charge on any atom is -0.350 e. The zero-order valence-corrected chi connectivity index (χ0v) is 9.70. The lowest BCUT2D eigenvalue weighted by Gasteiger charge is -1.98. The third-order valence-electron chi connectivity index (χ3n) is 2.10. The zero-order valence-electron chi connectivity index (χ0n) is 8.88. The Morgan fingerprint density at radius 3 is 3.19 bits per heavy atom. The predicted octanol–water partition coefficient (Wildman–Crippen LogP) is 1.35. The highest BCUT2D eigenvalue weighted by Gasteiger charge is 2.04. The van der Waals surface area contributed by atoms with Crippen LogP contribution in [-0.4, -0.2) is 20.9 Å². The van der Waals surface area contributed by atoms with Crippen LogP contribution in [0.4, 0.5) is 0 Å². The second-order valence-corrected chi connectivity index (χ2v) is 4.05. The van der Waals surface area contributed by atoms with E-state index in [0.717, 1.165) is 11.4 Å². The maximum atomic E-state index is 11.1. The van der Waals surface area contributed by atoms with E-state index in [4.69, 9.17) is 0 Å². The normalized spacial score (nSPS) is 10.3. The number of nitrogens with one attached hydrogen (secondary N) is 1. The highest BCUT2D eigenvalue weighted by atomic mass is 32.1. The first-order chi connectivity index (χ1) is 7.79. The van der Waals surface area contributed by atoms with Crippen LogP contribution in [0.3, 0.4) is 0 Å². The molecular weight excluding hydrogens is 224 g/mol. The Morgan fingerprint density at radius 2 is 2.50 bits per heavy atom. The van der Waals surface area contributed by atoms with Crippen molar-refractivity contribution in [3.05, 3.63) is 28.7 Å². The Labute approximate surface area is 97.1 Å². The van der Waals surface area contributed by atoms with E-state index in [9.17, 15) is 4.79 Å². The summed E-state index contributed by atoms with van der Waals surface area (Å²) in [6, 6.07) is 1.97. The van der Waals surface area contributed by atoms with Crippen molar-refractivity contribution in [2.24, 2.45) is 0 Å². The summed E-state index contributed by atoms with van der Waals surface area (Å²) in [6.45, 7) is 2.24. The van der Waals surface area contributed by atoms with Gasteiger partial charge in [0.05, 0.1) is 18.4 Å². The summed E-state index contributed by atoms with van der Waals surface area (Å²) in [6.07, 6.45) is 2.30. The highest BCUT2D eigenvalue weighted by Crippen LogP contribution is 2.10. The highest BCUT2D eigenvalue weighted by molar-refractivity contribution is 7.08. The second kappa shape index (κ2) is 4.89. The van der Waals surface area contributed by atoms with Gasteiger partial charge in [-0.05, 0) is 11.4 Å². The van der Waals surface area contributed by atoms with Crippen molar-refractivity contribution >= 4 is 17.2 Å². The summed E-state index contributed by atoms with van der Waals surface area (Å²) < 4.78 is 1.70. The average molecular weight is 236 g/mol. The topological polar surface area (TPSA) is 59.8 Å². The molecule has 0 saturated carbocycles. The molecule has 2 aromatic heterocycles. The quantitative estimate of drug-likeness (QED) is 0.871. The Bertz CT molecular complexity index is 463. The number of thiophene rings is 1. The van der Waals surface area contributed by atoms with Gasteiger partial charge in [-0.2, -0.15) is 11.3 Å². The largest absolute Gasteiger partial charge is 0.350 e. The van der Waals surface area contributed by atoms with Gasteiger partial charge in [0.2, 0.25) is 5.91 Å². The van der Waals surface area contributed by atoms with Crippen molar-refractivity contribution in [1.82, 2.24) is 20.3 Å². The number of amides is 1. The van der Waals surface area contributed by atoms with Crippen molar-refractivity contribution < 1.29 is 4.79 Å². The maximum absolute atomic E-state index is 11.1. The molecule has 0 aliphatic rings. The molecule has 2 aromatic rings. The molecule has 0 radical (unpaired) electrons. The van der Waals surface area contributed by atoms with E-state index < -0.39 is 0 Å². The lowest BCUT2D eigenvalue weighted by molar-refractivity contribution is -0.120. The molecule has 0 fully saturated rings. The summed E-state index contributed by atoms with van der Waals surface area (Å²) >= 11 is 1.61. The third kappa shape index (κ3) is 2.46. The first-order valence-corrected chi connectivity index (χ1v) is 5.94. The van der Waals surface area contributed by atoms with Crippen LogP contribution in [0.25, 0.3) is 5.69 Å². The summed E-state index contributed by atoms with van der Waals surface area (Å²) in [4.78, 5) is 11.1. The number of carbonyl (C=O) groups is 1. The summed E-state index contributed by atoms with van der Waals surface area (Å²) in [5, 5.41) is 14.7. The Balaban J connectivity index is 2.00. The molecule has 0 unspecified atom stereocenters. The van der Waals surface area contributed by atoms with E-state index >= 15 is 0 Å². The SMILES string of the molecule is CCC(=O)NCc1cn(-c2ccsc2)nn1. The van der Waals surface area contributed by atoms with E-state index in [1.54, 1.807) is 16.0 Å². The van der Waals surface area contributed by atoms with Crippen molar-refractivity contribution in [2.45, 2.75) is 19.9 Å². The fourth-order valence-electron chi connectivity index (χ4n) is 1.21. The molecule has 1 N–H and O–H groups in total. The molecule has 2 heterocycles. The maximum Gasteiger partial charge on any atom is 0.220 e. The number of hydrogen-bond donors (Lipinski definition) is 1. The van der Waals surface area contributed by atoms with Gasteiger partial charge in [0.1, 0.15) is 5.69 Å². The zero-order chi connectivity index (χ0) is 11.4. The Kier molecular flexibility index (Phi) is 3.31. The van der Waals surface area contributed by atoms with Gasteiger partial charge in [-0.25, -0.2) is 4.68 Å². The lowest BCUT2D eigenvalue weighted by Crippen LogP contribution is -2.21. The van der Waals surface area contributed by atoms with Gasteiger partial charge < -0.3 is 5.32 Å². The first-order valence-electron chi connectivity index (χ1n) is 5.00. The first kappa shape index (κ1) is 10.8. The van der Waals surface area contributed by atoms with Crippen LogP contribution in [-0.2, 0) is 11.3 Å². The van der Waals surface area contributed by atoms with Gasteiger partial charge in [-0.1, -0.05) is 12.1 Å². The van der Waals surface area contributed by atoms with Gasteiger partial charge in [0.15, 0.2) is 0 Å². The molecule has 0 aliphatic heterocycles. The van der Waals surface area contributed by atoms with Crippen molar-refractivity contribution in [3.63, 3.8) is 0 Å². The molecule has 0 atom stereocenters. The molecule has 0 aromatic carbocycles. The number of carbonyl (C=O) groups excluding carboxylic acids is 1. The van der Waals surface area contributed by atoms with E-state index in [2.05, 4.69) is 15.6 Å². The fraction of sp³-hybridized carbons (Fsp3) is 0.300. The van der Waals surface area contributed by atoms with Crippen LogP contribution >= 0.6 is 11.3 Å². The average Bonchev–Trinajstić information content (AvgIpc) is 2.95. The monoisotopic (exact) mass is 236 g/mol. The van der Waals surface area contributed by atoms with E-state index in [1.807, 2.05) is 29.9 Å². The van der Waals surface area contributed by atoms with Crippen LogP contribution in [0.5, 0.6) is 0 Å². The van der Waals surface area contributed by atoms with Crippen LogP contribution in [0.1, 0.15) is 19.0 Å². The molecule has 5 nitrogen and oxygen atoms in total. The van der Waals surface area contributed by atoms with Crippen LogP contribution in [0.15, 0.2) is 23.0 Å². The molecular formula is C10H12N4OS. The van der Waals surface area contributed by atoms with Crippen molar-refractivity contribution in [3.8, 4) is 5.69 Å². The fourth-order valence-corrected chi connectivity index (χ4v) is 1.83. The van der Waals surface area contributed by atoms with E-state index in [-0.39, 0.29) is 5.91 Å². The summed E-state index contributed by atoms with van der Waals surface area (Å²) in [5.74, 6) is 0.0186. The molecule has 84 valence electrons. The number of hydrogen-bond acceptors (Lipinski definition) is 4. The molecule has 0 aliphatic carbocycles. The predicted molar refractivity (Wildman–Crippen MR) is 61.4 cm³/mol. The second-order valence-electron chi connectivity index (χ2n) is 3.27. The smallest absolute Gasteiger partial charge is 0.220 e. The molecule has 0 bridgehead atoms. The lowest BCUT2D eigenvalue weighted by atomic mass is 10.4. The minimum atomic E-state index is 0.0186. The van der Waals surface area contributed by atoms with Gasteiger partial charge >= 0.3 is 0 Å². The van der Waals surface area contributed by atoms with Crippen LogP contribution < -0.4 is 5.32 Å². The van der Waals surface area contributed by atoms with Gasteiger partial charge in [-0.15, -0.1) is 5.10 Å². The van der Waals surface area contributed by atoms with Crippen LogP contribution in [0, 0.1) is 0 Å². The number of aromatic nitrogens is 3. The molecule has 0 spiro atoms. The standard InChI is InChI=1S/C10H12N4OS/c1-2-10(15)11-5-8-6-14(13-12-8)9-3-4-16-7-9/h3-4,6-7H,2,5H2,1H3,(H,11,15). The summed E-state index contributed by atoms with van der Waals surface area (Å²) in [5.41, 5.74) is 1.75.